The molecule has 1 aromatic heterocycles. The van der Waals surface area contributed by atoms with Gasteiger partial charge in [0, 0.05) is 13.0 Å². The van der Waals surface area contributed by atoms with Crippen LogP contribution >= 0.6 is 0 Å². The van der Waals surface area contributed by atoms with E-state index in [1.807, 2.05) is 0 Å². The molecule has 0 radical (unpaired) electrons. The predicted octanol–water partition coefficient (Wildman–Crippen LogP) is 0.682. The maximum atomic E-state index is 11.5. The van der Waals surface area contributed by atoms with E-state index < -0.39 is 0 Å². The van der Waals surface area contributed by atoms with Gasteiger partial charge in [-0.25, -0.2) is 9.78 Å². The zero-order valence-corrected chi connectivity index (χ0v) is 9.10. The summed E-state index contributed by atoms with van der Waals surface area (Å²) in [5.74, 6) is 0.944. The monoisotopic (exact) mass is 226 g/mol. The number of fused-ring (bicyclic) bond motifs is 1. The van der Waals surface area contributed by atoms with Crippen LogP contribution in [0.15, 0.2) is 4.42 Å². The minimum Gasteiger partial charge on any atom is -0.450 e. The van der Waals surface area contributed by atoms with E-state index in [2.05, 4.69) is 4.98 Å². The predicted molar refractivity (Wildman–Crippen MR) is 53.6 cm³/mol. The van der Waals surface area contributed by atoms with Gasteiger partial charge in [-0.3, -0.25) is 0 Å². The Morgan fingerprint density at radius 1 is 1.69 bits per heavy atom. The van der Waals surface area contributed by atoms with E-state index in [1.165, 1.54) is 0 Å². The summed E-state index contributed by atoms with van der Waals surface area (Å²) >= 11 is 0. The van der Waals surface area contributed by atoms with Gasteiger partial charge in [-0.2, -0.15) is 0 Å². The van der Waals surface area contributed by atoms with E-state index in [-0.39, 0.29) is 12.7 Å². The van der Waals surface area contributed by atoms with Gasteiger partial charge >= 0.3 is 6.09 Å². The highest BCUT2D eigenvalue weighted by atomic mass is 16.6. The molecule has 0 fully saturated rings. The first kappa shape index (κ1) is 10.9. The largest absolute Gasteiger partial charge is 0.450 e. The van der Waals surface area contributed by atoms with Crippen LogP contribution in [0.3, 0.4) is 0 Å². The zero-order chi connectivity index (χ0) is 11.5. The van der Waals surface area contributed by atoms with Crippen molar-refractivity contribution in [3.8, 4) is 0 Å². The SMILES string of the molecule is CCOC(=O)N1CCc2nc(CO)oc2C1. The van der Waals surface area contributed by atoms with Crippen LogP contribution in [0.2, 0.25) is 0 Å². The van der Waals surface area contributed by atoms with Crippen LogP contribution in [-0.4, -0.2) is 34.2 Å². The van der Waals surface area contributed by atoms with E-state index in [1.54, 1.807) is 11.8 Å². The van der Waals surface area contributed by atoms with Crippen molar-refractivity contribution in [2.45, 2.75) is 26.5 Å². The second-order valence-electron chi connectivity index (χ2n) is 3.51. The number of rotatable bonds is 2. The molecule has 0 bridgehead atoms. The van der Waals surface area contributed by atoms with Gasteiger partial charge < -0.3 is 19.2 Å². The van der Waals surface area contributed by atoms with E-state index in [0.29, 0.717) is 37.8 Å². The zero-order valence-electron chi connectivity index (χ0n) is 9.10. The quantitative estimate of drug-likeness (QED) is 0.802. The summed E-state index contributed by atoms with van der Waals surface area (Å²) in [6.45, 7) is 2.85. The van der Waals surface area contributed by atoms with Crippen LogP contribution < -0.4 is 0 Å². The van der Waals surface area contributed by atoms with Gasteiger partial charge in [0.2, 0.25) is 5.89 Å². The fourth-order valence-corrected chi connectivity index (χ4v) is 1.69. The molecule has 0 unspecified atom stereocenters. The van der Waals surface area contributed by atoms with Crippen molar-refractivity contribution in [2.24, 2.45) is 0 Å². The van der Waals surface area contributed by atoms with Crippen molar-refractivity contribution >= 4 is 6.09 Å². The van der Waals surface area contributed by atoms with Gasteiger partial charge in [-0.1, -0.05) is 0 Å². The highest BCUT2D eigenvalue weighted by Gasteiger charge is 2.25. The lowest BCUT2D eigenvalue weighted by atomic mass is 10.2. The molecular formula is C10H14N2O4. The highest BCUT2D eigenvalue weighted by molar-refractivity contribution is 5.67. The lowest BCUT2D eigenvalue weighted by Crippen LogP contribution is -2.36. The topological polar surface area (TPSA) is 75.8 Å². The van der Waals surface area contributed by atoms with Crippen LogP contribution in [-0.2, 0) is 24.3 Å². The Morgan fingerprint density at radius 3 is 3.19 bits per heavy atom. The fraction of sp³-hybridized carbons (Fsp3) is 0.600. The summed E-state index contributed by atoms with van der Waals surface area (Å²) in [4.78, 5) is 17.2. The molecule has 6 nitrogen and oxygen atoms in total. The molecule has 1 aliphatic rings. The molecule has 2 heterocycles. The maximum Gasteiger partial charge on any atom is 0.410 e. The molecule has 0 aromatic carbocycles. The Kier molecular flexibility index (Phi) is 3.09. The van der Waals surface area contributed by atoms with Gasteiger partial charge in [0.15, 0.2) is 0 Å². The molecule has 88 valence electrons. The molecule has 1 aliphatic heterocycles. The number of aliphatic hydroxyl groups is 1. The van der Waals surface area contributed by atoms with Crippen LogP contribution in [0.25, 0.3) is 0 Å². The average molecular weight is 226 g/mol. The maximum absolute atomic E-state index is 11.5. The molecule has 1 amide bonds. The Labute approximate surface area is 92.8 Å². The Morgan fingerprint density at radius 2 is 2.50 bits per heavy atom. The Bertz CT molecular complexity index is 388. The summed E-state index contributed by atoms with van der Waals surface area (Å²) in [5.41, 5.74) is 0.824. The second kappa shape index (κ2) is 4.52. The minimum atomic E-state index is -0.338. The van der Waals surface area contributed by atoms with E-state index in [9.17, 15) is 4.79 Å². The third-order valence-corrected chi connectivity index (χ3v) is 2.44. The van der Waals surface area contributed by atoms with Crippen molar-refractivity contribution in [2.75, 3.05) is 13.2 Å². The molecule has 0 saturated carbocycles. The molecule has 1 N–H and O–H groups in total. The number of aromatic nitrogens is 1. The van der Waals surface area contributed by atoms with Crippen molar-refractivity contribution < 1.29 is 19.1 Å². The number of ether oxygens (including phenoxy) is 1. The molecule has 0 spiro atoms. The molecule has 6 heteroatoms. The number of hydrogen-bond donors (Lipinski definition) is 1. The molecular weight excluding hydrogens is 212 g/mol. The average Bonchev–Trinajstić information content (AvgIpc) is 2.70. The Balaban J connectivity index is 2.08. The summed E-state index contributed by atoms with van der Waals surface area (Å²) in [6.07, 6.45) is 0.299. The van der Waals surface area contributed by atoms with Gasteiger partial charge in [-0.15, -0.1) is 0 Å². The first-order valence-corrected chi connectivity index (χ1v) is 5.24. The van der Waals surface area contributed by atoms with Crippen molar-refractivity contribution in [1.29, 1.82) is 0 Å². The first-order chi connectivity index (χ1) is 7.74. The van der Waals surface area contributed by atoms with Crippen molar-refractivity contribution in [3.05, 3.63) is 17.3 Å². The fourth-order valence-electron chi connectivity index (χ4n) is 1.69. The number of hydrogen-bond acceptors (Lipinski definition) is 5. The van der Waals surface area contributed by atoms with E-state index in [0.717, 1.165) is 5.69 Å². The summed E-state index contributed by atoms with van der Waals surface area (Å²) in [6, 6.07) is 0. The van der Waals surface area contributed by atoms with Crippen LogP contribution in [0.1, 0.15) is 24.3 Å². The lowest BCUT2D eigenvalue weighted by Gasteiger charge is -2.24. The first-order valence-electron chi connectivity index (χ1n) is 5.24. The van der Waals surface area contributed by atoms with Crippen molar-refractivity contribution in [1.82, 2.24) is 9.88 Å². The van der Waals surface area contributed by atoms with Crippen LogP contribution in [0.4, 0.5) is 4.79 Å². The Hall–Kier alpha value is -1.56. The smallest absolute Gasteiger partial charge is 0.410 e. The van der Waals surface area contributed by atoms with Gasteiger partial charge in [0.1, 0.15) is 12.4 Å². The van der Waals surface area contributed by atoms with Gasteiger partial charge in [-0.05, 0) is 6.92 Å². The summed E-state index contributed by atoms with van der Waals surface area (Å²) < 4.78 is 10.2. The second-order valence-corrected chi connectivity index (χ2v) is 3.51. The van der Waals surface area contributed by atoms with E-state index >= 15 is 0 Å². The number of nitrogens with zero attached hydrogens (tertiary/aromatic N) is 2. The van der Waals surface area contributed by atoms with Crippen LogP contribution in [0.5, 0.6) is 0 Å². The standard InChI is InChI=1S/C10H14N2O4/c1-2-15-10(14)12-4-3-7-8(5-12)16-9(6-13)11-7/h13H,2-6H2,1H3. The molecule has 0 atom stereocenters. The third-order valence-electron chi connectivity index (χ3n) is 2.44. The van der Waals surface area contributed by atoms with E-state index in [4.69, 9.17) is 14.3 Å². The molecule has 0 aliphatic carbocycles. The molecule has 0 saturated heterocycles. The third kappa shape index (κ3) is 2.01. The molecule has 1 aromatic rings. The van der Waals surface area contributed by atoms with Gasteiger partial charge in [0.25, 0.3) is 0 Å². The number of carbonyl (C=O) groups is 1. The highest BCUT2D eigenvalue weighted by Crippen LogP contribution is 2.20. The normalized spacial score (nSPS) is 14.8. The summed E-state index contributed by atoms with van der Waals surface area (Å²) in [5, 5.41) is 8.88. The summed E-state index contributed by atoms with van der Waals surface area (Å²) in [7, 11) is 0. The number of aliphatic hydroxyl groups excluding tert-OH is 1. The van der Waals surface area contributed by atoms with Gasteiger partial charge in [0.05, 0.1) is 18.8 Å². The number of oxazole rings is 1. The lowest BCUT2D eigenvalue weighted by molar-refractivity contribution is 0.0985. The number of carbonyl (C=O) groups excluding carboxylic acids is 1. The molecule has 16 heavy (non-hydrogen) atoms. The molecule has 2 rings (SSSR count). The van der Waals surface area contributed by atoms with Crippen molar-refractivity contribution in [3.63, 3.8) is 0 Å². The van der Waals surface area contributed by atoms with Crippen LogP contribution in [0, 0.1) is 0 Å². The minimum absolute atomic E-state index is 0.216. The number of amides is 1.